The number of hydrogen-bond acceptors (Lipinski definition) is 0. The van der Waals surface area contributed by atoms with Gasteiger partial charge in [-0.1, -0.05) is 86.5 Å². The maximum Gasteiger partial charge on any atom is 0.0924 e. The Labute approximate surface area is 187 Å². The molecule has 0 spiro atoms. The van der Waals surface area contributed by atoms with Crippen LogP contribution in [0.2, 0.25) is 10.6 Å². The van der Waals surface area contributed by atoms with Gasteiger partial charge in [0.2, 0.25) is 0 Å². The third kappa shape index (κ3) is 4.24. The Morgan fingerprint density at radius 1 is 0.900 bits per heavy atom. The largest absolute Gasteiger partial charge is 0.0924 e. The highest BCUT2D eigenvalue weighted by Crippen LogP contribution is 2.54. The van der Waals surface area contributed by atoms with Crippen molar-refractivity contribution in [3.63, 3.8) is 0 Å². The highest BCUT2D eigenvalue weighted by Gasteiger charge is 2.46. The van der Waals surface area contributed by atoms with Crippen molar-refractivity contribution in [3.05, 3.63) is 75.9 Å². The van der Waals surface area contributed by atoms with Crippen LogP contribution in [0.4, 0.5) is 0 Å². The van der Waals surface area contributed by atoms with Gasteiger partial charge in [-0.2, -0.15) is 0 Å². The molecule has 2 aliphatic carbocycles. The molecule has 0 saturated carbocycles. The Morgan fingerprint density at radius 3 is 1.90 bits per heavy atom. The minimum Gasteiger partial charge on any atom is -0.0840 e. The van der Waals surface area contributed by atoms with Crippen LogP contribution in [-0.4, -0.2) is 8.80 Å². The van der Waals surface area contributed by atoms with Gasteiger partial charge in [0.1, 0.15) is 0 Å². The zero-order valence-electron chi connectivity index (χ0n) is 20.6. The third-order valence-electron chi connectivity index (χ3n) is 7.84. The van der Waals surface area contributed by atoms with Crippen molar-refractivity contribution >= 4 is 14.0 Å². The van der Waals surface area contributed by atoms with Gasteiger partial charge in [0.15, 0.2) is 0 Å². The standard InChI is InChI=1S/C29H42Si/c1-9-25-16-26(10-2)18-27(17-25)30(28-23(7)21(5)22(6)24(28)8)29(19-20(3)4)14-12-11-13-15-29/h11-14,16-18,20,28,30H,9-10,15,19H2,1-8H3. The van der Waals surface area contributed by atoms with Crippen LogP contribution in [0.1, 0.15) is 79.4 Å². The van der Waals surface area contributed by atoms with Crippen LogP contribution in [0.15, 0.2) is 64.8 Å². The molecule has 0 N–H and O–H groups in total. The summed E-state index contributed by atoms with van der Waals surface area (Å²) in [6, 6.07) is 7.62. The molecule has 0 heterocycles. The monoisotopic (exact) mass is 418 g/mol. The van der Waals surface area contributed by atoms with E-state index in [2.05, 4.69) is 97.9 Å². The molecule has 162 valence electrons. The van der Waals surface area contributed by atoms with Gasteiger partial charge in [-0.05, 0) is 92.1 Å². The minimum absolute atomic E-state index is 0.304. The Bertz CT molecular complexity index is 862. The van der Waals surface area contributed by atoms with Gasteiger partial charge < -0.3 is 0 Å². The second-order valence-electron chi connectivity index (χ2n) is 10.2. The molecule has 30 heavy (non-hydrogen) atoms. The number of allylic oxidation sites excluding steroid dienone is 8. The predicted octanol–water partition coefficient (Wildman–Crippen LogP) is 7.60. The fourth-order valence-corrected chi connectivity index (χ4v) is 11.5. The lowest BCUT2D eigenvalue weighted by Gasteiger charge is -2.44. The summed E-state index contributed by atoms with van der Waals surface area (Å²) in [5.74, 6) is 0.702. The fourth-order valence-electron chi connectivity index (χ4n) is 6.07. The second-order valence-corrected chi connectivity index (χ2v) is 13.6. The van der Waals surface area contributed by atoms with Crippen molar-refractivity contribution in [1.29, 1.82) is 0 Å². The van der Waals surface area contributed by atoms with Gasteiger partial charge in [0.25, 0.3) is 0 Å². The van der Waals surface area contributed by atoms with Crippen LogP contribution in [-0.2, 0) is 12.8 Å². The first-order valence-corrected chi connectivity index (χ1v) is 13.9. The van der Waals surface area contributed by atoms with Gasteiger partial charge in [0.05, 0.1) is 8.80 Å². The number of benzene rings is 1. The lowest BCUT2D eigenvalue weighted by atomic mass is 9.90. The molecule has 2 unspecified atom stereocenters. The van der Waals surface area contributed by atoms with Crippen molar-refractivity contribution in [1.82, 2.24) is 0 Å². The second kappa shape index (κ2) is 9.26. The molecular weight excluding hydrogens is 376 g/mol. The maximum atomic E-state index is 2.62. The first-order valence-electron chi connectivity index (χ1n) is 12.1. The first-order chi connectivity index (χ1) is 14.2. The molecular formula is C29H42Si. The highest BCUT2D eigenvalue weighted by molar-refractivity contribution is 6.79. The van der Waals surface area contributed by atoms with Gasteiger partial charge in [-0.3, -0.25) is 0 Å². The van der Waals surface area contributed by atoms with Crippen LogP contribution in [0, 0.1) is 5.92 Å². The molecule has 3 rings (SSSR count). The molecule has 1 aromatic rings. The summed E-state index contributed by atoms with van der Waals surface area (Å²) in [6.07, 6.45) is 14.4. The third-order valence-corrected chi connectivity index (χ3v) is 12.5. The van der Waals surface area contributed by atoms with Gasteiger partial charge in [-0.25, -0.2) is 0 Å². The van der Waals surface area contributed by atoms with Crippen LogP contribution in [0.5, 0.6) is 0 Å². The molecule has 1 aromatic carbocycles. The van der Waals surface area contributed by atoms with E-state index in [4.69, 9.17) is 0 Å². The Hall–Kier alpha value is -1.60. The molecule has 0 aliphatic heterocycles. The van der Waals surface area contributed by atoms with Crippen molar-refractivity contribution in [3.8, 4) is 0 Å². The van der Waals surface area contributed by atoms with Crippen LogP contribution in [0.3, 0.4) is 0 Å². The first kappa shape index (κ1) is 23.1. The summed E-state index contributed by atoms with van der Waals surface area (Å²) in [5.41, 5.74) is 10.1. The molecule has 0 fully saturated rings. The molecule has 0 bridgehead atoms. The zero-order chi connectivity index (χ0) is 22.1. The molecule has 0 nitrogen and oxygen atoms in total. The molecule has 2 atom stereocenters. The summed E-state index contributed by atoms with van der Waals surface area (Å²) in [7, 11) is -1.45. The molecule has 0 radical (unpaired) electrons. The number of aryl methyl sites for hydroxylation is 2. The van der Waals surface area contributed by atoms with E-state index in [1.54, 1.807) is 27.5 Å². The number of rotatable bonds is 7. The van der Waals surface area contributed by atoms with Crippen molar-refractivity contribution in [2.45, 2.75) is 91.7 Å². The lowest BCUT2D eigenvalue weighted by molar-refractivity contribution is 0.482. The summed E-state index contributed by atoms with van der Waals surface area (Å²) in [6.45, 7) is 19.0. The molecule has 0 saturated heterocycles. The van der Waals surface area contributed by atoms with Crippen molar-refractivity contribution < 1.29 is 0 Å². The summed E-state index contributed by atoms with van der Waals surface area (Å²) in [4.78, 5) is 0. The molecule has 2 aliphatic rings. The van der Waals surface area contributed by atoms with E-state index in [1.807, 2.05) is 0 Å². The Kier molecular flexibility index (Phi) is 7.12. The van der Waals surface area contributed by atoms with Crippen LogP contribution in [0.25, 0.3) is 0 Å². The summed E-state index contributed by atoms with van der Waals surface area (Å²) >= 11 is 0. The predicted molar refractivity (Wildman–Crippen MR) is 138 cm³/mol. The van der Waals surface area contributed by atoms with Gasteiger partial charge in [0, 0.05) is 0 Å². The molecule has 0 amide bonds. The van der Waals surface area contributed by atoms with E-state index < -0.39 is 8.80 Å². The van der Waals surface area contributed by atoms with Gasteiger partial charge in [-0.15, -0.1) is 0 Å². The Balaban J connectivity index is 2.28. The summed E-state index contributed by atoms with van der Waals surface area (Å²) in [5, 5.41) is 2.00. The van der Waals surface area contributed by atoms with Gasteiger partial charge >= 0.3 is 0 Å². The average molecular weight is 419 g/mol. The van der Waals surface area contributed by atoms with E-state index in [0.717, 1.165) is 12.8 Å². The van der Waals surface area contributed by atoms with Crippen LogP contribution >= 0.6 is 0 Å². The average Bonchev–Trinajstić information content (AvgIpc) is 2.91. The Morgan fingerprint density at radius 2 is 1.47 bits per heavy atom. The zero-order valence-corrected chi connectivity index (χ0v) is 21.8. The fraction of sp³-hybridized carbons (Fsp3) is 0.517. The minimum atomic E-state index is -1.45. The quantitative estimate of drug-likeness (QED) is 0.400. The number of hydrogen-bond donors (Lipinski definition) is 0. The van der Waals surface area contributed by atoms with Crippen molar-refractivity contribution in [2.75, 3.05) is 0 Å². The van der Waals surface area contributed by atoms with E-state index in [9.17, 15) is 0 Å². The van der Waals surface area contributed by atoms with Crippen molar-refractivity contribution in [2.24, 2.45) is 5.92 Å². The van der Waals surface area contributed by atoms with E-state index in [-0.39, 0.29) is 0 Å². The van der Waals surface area contributed by atoms with E-state index >= 15 is 0 Å². The normalized spacial score (nSPS) is 23.2. The summed E-state index contributed by atoms with van der Waals surface area (Å²) < 4.78 is 0. The molecule has 0 aromatic heterocycles. The topological polar surface area (TPSA) is 0 Å². The van der Waals surface area contributed by atoms with E-state index in [1.165, 1.54) is 24.0 Å². The maximum absolute atomic E-state index is 2.62. The van der Waals surface area contributed by atoms with E-state index in [0.29, 0.717) is 16.5 Å². The molecule has 1 heteroatoms. The SMILES string of the molecule is CCc1cc(CC)cc([SiH](C2C(C)=C(C)C(C)=C2C)C2(CC(C)C)C=CC=CC2)c1. The smallest absolute Gasteiger partial charge is 0.0840 e. The highest BCUT2D eigenvalue weighted by atomic mass is 28.3. The van der Waals surface area contributed by atoms with Crippen LogP contribution < -0.4 is 5.19 Å². The lowest BCUT2D eigenvalue weighted by Crippen LogP contribution is -2.47.